The van der Waals surface area contributed by atoms with E-state index in [4.69, 9.17) is 23.4 Å². The smallest absolute Gasteiger partial charge is 0.306 e. The van der Waals surface area contributed by atoms with Crippen LogP contribution in [0.25, 0.3) is 0 Å². The lowest BCUT2D eigenvalue weighted by Gasteiger charge is -2.31. The van der Waals surface area contributed by atoms with E-state index in [0.717, 1.165) is 16.7 Å². The topological polar surface area (TPSA) is 90.6 Å². The fourth-order valence-corrected chi connectivity index (χ4v) is 5.48. The second kappa shape index (κ2) is 14.9. The lowest BCUT2D eigenvalue weighted by atomic mass is 9.89. The fraction of sp³-hybridized carbons (Fsp3) is 0.324. The monoisotopic (exact) mass is 571 g/mol. The highest BCUT2D eigenvalue weighted by atomic mass is 16.6. The van der Waals surface area contributed by atoms with Crippen LogP contribution in [0.5, 0.6) is 0 Å². The summed E-state index contributed by atoms with van der Waals surface area (Å²) in [5.41, 5.74) is 3.00. The van der Waals surface area contributed by atoms with Crippen LogP contribution in [0.2, 0.25) is 0 Å². The molecule has 42 heavy (non-hydrogen) atoms. The van der Waals surface area contributed by atoms with Gasteiger partial charge in [0, 0.05) is 5.92 Å². The average molecular weight is 572 g/mol. The highest BCUT2D eigenvalue weighted by Crippen LogP contribution is 2.40. The van der Waals surface area contributed by atoms with E-state index in [0.29, 0.717) is 25.6 Å². The number of carbonyl (C=O) groups is 1. The molecular formula is C34H37NO7. The van der Waals surface area contributed by atoms with Crippen molar-refractivity contribution in [2.24, 2.45) is 0 Å². The Labute approximate surface area is 246 Å². The molecule has 220 valence electrons. The van der Waals surface area contributed by atoms with Gasteiger partial charge < -0.3 is 28.6 Å². The van der Waals surface area contributed by atoms with Crippen molar-refractivity contribution in [2.45, 2.75) is 56.5 Å². The first kappa shape index (κ1) is 29.7. The van der Waals surface area contributed by atoms with Crippen LogP contribution in [0.1, 0.15) is 34.8 Å². The summed E-state index contributed by atoms with van der Waals surface area (Å²) in [5, 5.41) is 13.1. The molecule has 1 fully saturated rings. The van der Waals surface area contributed by atoms with Crippen LogP contribution in [0.4, 0.5) is 0 Å². The summed E-state index contributed by atoms with van der Waals surface area (Å²) >= 11 is 0. The number of hydrogen-bond donors (Lipinski definition) is 1. The Bertz CT molecular complexity index is 1330. The summed E-state index contributed by atoms with van der Waals surface area (Å²) in [7, 11) is 1.35. The van der Waals surface area contributed by atoms with Gasteiger partial charge in [-0.1, -0.05) is 91.0 Å². The van der Waals surface area contributed by atoms with Gasteiger partial charge in [0.05, 0.1) is 58.3 Å². The lowest BCUT2D eigenvalue weighted by Crippen LogP contribution is -2.43. The molecule has 0 aliphatic carbocycles. The molecule has 5 rings (SSSR count). The van der Waals surface area contributed by atoms with Gasteiger partial charge in [0.15, 0.2) is 0 Å². The Morgan fingerprint density at radius 1 is 0.786 bits per heavy atom. The van der Waals surface area contributed by atoms with Crippen molar-refractivity contribution in [3.8, 4) is 0 Å². The molecule has 1 aliphatic rings. The highest BCUT2D eigenvalue weighted by molar-refractivity contribution is 5.70. The van der Waals surface area contributed by atoms with Crippen LogP contribution in [-0.4, -0.2) is 54.2 Å². The van der Waals surface area contributed by atoms with Crippen molar-refractivity contribution in [3.63, 3.8) is 0 Å². The highest BCUT2D eigenvalue weighted by Gasteiger charge is 2.54. The molecule has 1 aliphatic heterocycles. The van der Waals surface area contributed by atoms with E-state index < -0.39 is 36.2 Å². The van der Waals surface area contributed by atoms with Gasteiger partial charge >= 0.3 is 5.97 Å². The predicted molar refractivity (Wildman–Crippen MR) is 155 cm³/mol. The molecule has 8 nitrogen and oxygen atoms in total. The Hall–Kier alpha value is -3.79. The van der Waals surface area contributed by atoms with Crippen molar-refractivity contribution in [1.82, 2.24) is 5.06 Å². The zero-order valence-corrected chi connectivity index (χ0v) is 23.7. The number of nitrogens with zero attached hydrogens (tertiary/aromatic N) is 1. The minimum Gasteiger partial charge on any atom is -0.469 e. The van der Waals surface area contributed by atoms with Crippen LogP contribution in [0.3, 0.4) is 0 Å². The van der Waals surface area contributed by atoms with Crippen molar-refractivity contribution in [3.05, 3.63) is 132 Å². The third-order valence-electron chi connectivity index (χ3n) is 7.59. The summed E-state index contributed by atoms with van der Waals surface area (Å²) in [6, 6.07) is 31.8. The molecule has 0 unspecified atom stereocenters. The molecule has 0 saturated carbocycles. The number of furan rings is 1. The minimum absolute atomic E-state index is 0.0140. The number of esters is 1. The second-order valence-electron chi connectivity index (χ2n) is 10.4. The van der Waals surface area contributed by atoms with Crippen LogP contribution >= 0.6 is 0 Å². The number of benzene rings is 3. The van der Waals surface area contributed by atoms with Crippen LogP contribution < -0.4 is 0 Å². The van der Waals surface area contributed by atoms with Crippen molar-refractivity contribution in [1.29, 1.82) is 0 Å². The number of methoxy groups -OCH3 is 1. The quantitative estimate of drug-likeness (QED) is 0.191. The zero-order valence-electron chi connectivity index (χ0n) is 23.7. The van der Waals surface area contributed by atoms with E-state index in [1.54, 1.807) is 18.4 Å². The summed E-state index contributed by atoms with van der Waals surface area (Å²) < 4.78 is 30.1. The average Bonchev–Trinajstić information content (AvgIpc) is 3.66. The molecule has 0 amide bonds. The molecule has 8 heteroatoms. The van der Waals surface area contributed by atoms with E-state index >= 15 is 0 Å². The molecule has 5 atom stereocenters. The number of rotatable bonds is 14. The first-order chi connectivity index (χ1) is 20.6. The van der Waals surface area contributed by atoms with Crippen LogP contribution in [0.15, 0.2) is 114 Å². The van der Waals surface area contributed by atoms with Crippen molar-refractivity contribution in [2.75, 3.05) is 13.7 Å². The molecule has 0 radical (unpaired) electrons. The Balaban J connectivity index is 1.46. The number of carbonyl (C=O) groups excluding carboxylic acids is 1. The van der Waals surface area contributed by atoms with E-state index in [1.807, 2.05) is 91.0 Å². The maximum Gasteiger partial charge on any atom is 0.306 e. The molecule has 1 aromatic heterocycles. The molecule has 0 spiro atoms. The number of ether oxygens (including phenoxy) is 4. The maximum absolute atomic E-state index is 12.6. The summed E-state index contributed by atoms with van der Waals surface area (Å²) in [6.07, 6.45) is 0.318. The van der Waals surface area contributed by atoms with Gasteiger partial charge in [0.25, 0.3) is 0 Å². The predicted octanol–water partition coefficient (Wildman–Crippen LogP) is 5.76. The molecule has 3 aromatic carbocycles. The van der Waals surface area contributed by atoms with E-state index in [9.17, 15) is 10.0 Å². The summed E-state index contributed by atoms with van der Waals surface area (Å²) in [6.45, 7) is 1.16. The third-order valence-corrected chi connectivity index (χ3v) is 7.59. The molecule has 0 bridgehead atoms. The Kier molecular flexibility index (Phi) is 10.5. The first-order valence-electron chi connectivity index (χ1n) is 14.1. The normalized spacial score (nSPS) is 21.3. The summed E-state index contributed by atoms with van der Waals surface area (Å²) in [4.78, 5) is 12.6. The number of hydroxylamine groups is 2. The van der Waals surface area contributed by atoms with Gasteiger partial charge in [-0.2, -0.15) is 5.06 Å². The van der Waals surface area contributed by atoms with Gasteiger partial charge in [-0.05, 0) is 28.8 Å². The molecule has 1 N–H and O–H groups in total. The van der Waals surface area contributed by atoms with Gasteiger partial charge in [0.1, 0.15) is 18.0 Å². The fourth-order valence-electron chi connectivity index (χ4n) is 5.48. The van der Waals surface area contributed by atoms with Gasteiger partial charge in [-0.25, -0.2) is 0 Å². The SMILES string of the molecule is COC(=O)C[C@@H](c1ccco1)[C@@H]1[C@@H](OCc2ccccc2)[C@H](OCc2ccccc2)[C@H](COCc2ccccc2)N1O. The Morgan fingerprint density at radius 3 is 1.86 bits per heavy atom. The molecule has 1 saturated heterocycles. The van der Waals surface area contributed by atoms with Crippen LogP contribution in [-0.2, 0) is 43.6 Å². The maximum atomic E-state index is 12.6. The zero-order chi connectivity index (χ0) is 29.1. The van der Waals surface area contributed by atoms with Gasteiger partial charge in [-0.3, -0.25) is 4.79 Å². The Morgan fingerprint density at radius 2 is 1.33 bits per heavy atom. The second-order valence-corrected chi connectivity index (χ2v) is 10.4. The molecular weight excluding hydrogens is 534 g/mol. The van der Waals surface area contributed by atoms with Gasteiger partial charge in [0.2, 0.25) is 0 Å². The van der Waals surface area contributed by atoms with Gasteiger partial charge in [-0.15, -0.1) is 0 Å². The standard InChI is InChI=1S/C34H37NO7/c1-38-31(36)20-28(30-18-11-19-40-30)32-34(42-23-27-16-9-4-10-17-27)33(41-22-26-14-7-3-8-15-26)29(35(32)37)24-39-21-25-12-5-2-6-13-25/h2-19,28-29,32-34,37H,20-24H2,1H3/t28-,29-,32+,33+,34+/m0/s1. The first-order valence-corrected chi connectivity index (χ1v) is 14.1. The largest absolute Gasteiger partial charge is 0.469 e. The minimum atomic E-state index is -0.690. The van der Waals surface area contributed by atoms with Crippen molar-refractivity contribution >= 4 is 5.97 Å². The molecule has 2 heterocycles. The lowest BCUT2D eigenvalue weighted by molar-refractivity contribution is -0.173. The van der Waals surface area contributed by atoms with E-state index in [1.165, 1.54) is 12.2 Å². The van der Waals surface area contributed by atoms with Crippen molar-refractivity contribution < 1.29 is 33.4 Å². The third kappa shape index (κ3) is 7.53. The van der Waals surface area contributed by atoms with Crippen LogP contribution in [0, 0.1) is 0 Å². The van der Waals surface area contributed by atoms with E-state index in [2.05, 4.69) is 0 Å². The number of hydrogen-bond acceptors (Lipinski definition) is 8. The molecule has 4 aromatic rings. The summed E-state index contributed by atoms with van der Waals surface area (Å²) in [5.74, 6) is -0.442. The van der Waals surface area contributed by atoms with E-state index in [-0.39, 0.29) is 13.0 Å².